The van der Waals surface area contributed by atoms with Crippen molar-refractivity contribution in [2.45, 2.75) is 19.4 Å². The number of phenolic OH excluding ortho intramolecular Hbond substituents is 1. The molecule has 6 heteroatoms. The molecule has 0 radical (unpaired) electrons. The number of hydrogen-bond donors (Lipinski definition) is 2. The molecule has 1 atom stereocenters. The van der Waals surface area contributed by atoms with Gasteiger partial charge in [0.15, 0.2) is 0 Å². The second-order valence-corrected chi connectivity index (χ2v) is 4.71. The Morgan fingerprint density at radius 2 is 2.16 bits per heavy atom. The Bertz CT molecular complexity index is 458. The van der Waals surface area contributed by atoms with Gasteiger partial charge in [-0.25, -0.2) is 0 Å². The third kappa shape index (κ3) is 3.02. The van der Waals surface area contributed by atoms with Crippen molar-refractivity contribution >= 4 is 5.69 Å². The van der Waals surface area contributed by atoms with E-state index in [1.54, 1.807) is 0 Å². The van der Waals surface area contributed by atoms with Gasteiger partial charge in [0.2, 0.25) is 0 Å². The molecular formula is C13H19N3O3. The molecule has 0 bridgehead atoms. The Morgan fingerprint density at radius 1 is 1.47 bits per heavy atom. The summed E-state index contributed by atoms with van der Waals surface area (Å²) in [5, 5.41) is 24.0. The molecule has 1 fully saturated rings. The highest BCUT2D eigenvalue weighted by Gasteiger charge is 2.27. The summed E-state index contributed by atoms with van der Waals surface area (Å²) in [6, 6.07) is 4.25. The van der Waals surface area contributed by atoms with E-state index in [4.69, 9.17) is 0 Å². The highest BCUT2D eigenvalue weighted by atomic mass is 16.6. The Balaban J connectivity index is 2.35. The van der Waals surface area contributed by atoms with E-state index in [1.165, 1.54) is 18.2 Å². The Kier molecular flexibility index (Phi) is 4.34. The Morgan fingerprint density at radius 3 is 2.74 bits per heavy atom. The van der Waals surface area contributed by atoms with Gasteiger partial charge in [-0.2, -0.15) is 0 Å². The molecule has 0 spiro atoms. The lowest BCUT2D eigenvalue weighted by Crippen LogP contribution is -2.45. The number of piperazine rings is 1. The molecular weight excluding hydrogens is 246 g/mol. The molecule has 1 saturated heterocycles. The Hall–Kier alpha value is -1.66. The second-order valence-electron chi connectivity index (χ2n) is 4.71. The monoisotopic (exact) mass is 265 g/mol. The van der Waals surface area contributed by atoms with Crippen LogP contribution in [-0.2, 0) is 0 Å². The number of benzene rings is 1. The summed E-state index contributed by atoms with van der Waals surface area (Å²) in [5.41, 5.74) is 0.692. The molecule has 0 aliphatic carbocycles. The molecule has 1 aromatic carbocycles. The summed E-state index contributed by atoms with van der Waals surface area (Å²) in [6.45, 7) is 5.53. The standard InChI is InChI=1S/C13H19N3O3/c1-2-12(15-7-5-14-6-8-15)11-9-10(17)3-4-13(11)16(18)19/h3-4,9,12,14,17H,2,5-8H2,1H3/t12-/m0/s1. The third-order valence-electron chi connectivity index (χ3n) is 3.55. The fraction of sp³-hybridized carbons (Fsp3) is 0.538. The van der Waals surface area contributed by atoms with Crippen molar-refractivity contribution in [3.63, 3.8) is 0 Å². The van der Waals surface area contributed by atoms with Crippen LogP contribution in [0.3, 0.4) is 0 Å². The summed E-state index contributed by atoms with van der Waals surface area (Å²) >= 11 is 0. The zero-order chi connectivity index (χ0) is 13.8. The lowest BCUT2D eigenvalue weighted by molar-refractivity contribution is -0.386. The topological polar surface area (TPSA) is 78.6 Å². The van der Waals surface area contributed by atoms with Crippen LogP contribution in [0.15, 0.2) is 18.2 Å². The minimum atomic E-state index is -0.375. The van der Waals surface area contributed by atoms with Crippen LogP contribution in [0.4, 0.5) is 5.69 Å². The number of nitro groups is 1. The van der Waals surface area contributed by atoms with Gasteiger partial charge in [-0.05, 0) is 18.6 Å². The van der Waals surface area contributed by atoms with Gasteiger partial charge in [-0.1, -0.05) is 6.92 Å². The molecule has 0 saturated carbocycles. The smallest absolute Gasteiger partial charge is 0.274 e. The number of aromatic hydroxyl groups is 1. The van der Waals surface area contributed by atoms with Gasteiger partial charge in [-0.15, -0.1) is 0 Å². The van der Waals surface area contributed by atoms with Crippen LogP contribution in [0.2, 0.25) is 0 Å². The average molecular weight is 265 g/mol. The molecule has 2 N–H and O–H groups in total. The van der Waals surface area contributed by atoms with Crippen molar-refractivity contribution in [2.75, 3.05) is 26.2 Å². The van der Waals surface area contributed by atoms with Crippen LogP contribution in [0, 0.1) is 10.1 Å². The number of nitrogens with one attached hydrogen (secondary N) is 1. The van der Waals surface area contributed by atoms with Crippen molar-refractivity contribution in [3.8, 4) is 5.75 Å². The summed E-state index contributed by atoms with van der Waals surface area (Å²) in [5.74, 6) is 0.0779. The maximum Gasteiger partial charge on any atom is 0.274 e. The van der Waals surface area contributed by atoms with E-state index in [0.29, 0.717) is 5.56 Å². The largest absolute Gasteiger partial charge is 0.508 e. The van der Waals surface area contributed by atoms with Gasteiger partial charge in [0.1, 0.15) is 5.75 Å². The van der Waals surface area contributed by atoms with Crippen molar-refractivity contribution in [3.05, 3.63) is 33.9 Å². The van der Waals surface area contributed by atoms with Crippen LogP contribution in [0.1, 0.15) is 24.9 Å². The Labute approximate surface area is 112 Å². The lowest BCUT2D eigenvalue weighted by atomic mass is 9.99. The third-order valence-corrected chi connectivity index (χ3v) is 3.55. The van der Waals surface area contributed by atoms with Crippen LogP contribution in [0.25, 0.3) is 0 Å². The fourth-order valence-electron chi connectivity index (χ4n) is 2.64. The molecule has 1 aliphatic heterocycles. The van der Waals surface area contributed by atoms with E-state index in [2.05, 4.69) is 10.2 Å². The minimum Gasteiger partial charge on any atom is -0.508 e. The normalized spacial score (nSPS) is 18.2. The number of hydrogen-bond acceptors (Lipinski definition) is 5. The van der Waals surface area contributed by atoms with E-state index in [-0.39, 0.29) is 22.4 Å². The first-order chi connectivity index (χ1) is 9.13. The van der Waals surface area contributed by atoms with Gasteiger partial charge in [-0.3, -0.25) is 15.0 Å². The van der Waals surface area contributed by atoms with Crippen LogP contribution in [-0.4, -0.2) is 41.1 Å². The first-order valence-corrected chi connectivity index (χ1v) is 6.55. The second kappa shape index (κ2) is 5.99. The zero-order valence-corrected chi connectivity index (χ0v) is 11.0. The zero-order valence-electron chi connectivity index (χ0n) is 11.0. The number of phenols is 1. The highest BCUT2D eigenvalue weighted by Crippen LogP contribution is 2.34. The SMILES string of the molecule is CC[C@@H](c1cc(O)ccc1[N+](=O)[O-])N1CCNCC1. The summed E-state index contributed by atoms with van der Waals surface area (Å²) in [4.78, 5) is 13.0. The van der Waals surface area contributed by atoms with Crippen molar-refractivity contribution in [1.29, 1.82) is 0 Å². The van der Waals surface area contributed by atoms with E-state index in [1.807, 2.05) is 6.92 Å². The van der Waals surface area contributed by atoms with Crippen molar-refractivity contribution in [1.82, 2.24) is 10.2 Å². The minimum absolute atomic E-state index is 0.0189. The maximum atomic E-state index is 11.1. The fourth-order valence-corrected chi connectivity index (χ4v) is 2.64. The average Bonchev–Trinajstić information content (AvgIpc) is 2.40. The van der Waals surface area contributed by atoms with Gasteiger partial charge in [0.05, 0.1) is 10.5 Å². The maximum absolute atomic E-state index is 11.1. The van der Waals surface area contributed by atoms with E-state index in [9.17, 15) is 15.2 Å². The molecule has 104 valence electrons. The molecule has 0 aromatic heterocycles. The van der Waals surface area contributed by atoms with Crippen molar-refractivity contribution in [2.24, 2.45) is 0 Å². The van der Waals surface area contributed by atoms with Gasteiger partial charge >= 0.3 is 0 Å². The van der Waals surface area contributed by atoms with Gasteiger partial charge in [0.25, 0.3) is 5.69 Å². The summed E-state index contributed by atoms with van der Waals surface area (Å²) in [6.07, 6.45) is 0.782. The predicted molar refractivity (Wildman–Crippen MR) is 72.2 cm³/mol. The quantitative estimate of drug-likeness (QED) is 0.639. The number of rotatable bonds is 4. The molecule has 1 aromatic rings. The number of nitro benzene ring substituents is 1. The highest BCUT2D eigenvalue weighted by molar-refractivity contribution is 5.46. The van der Waals surface area contributed by atoms with Crippen LogP contribution < -0.4 is 5.32 Å². The summed E-state index contributed by atoms with van der Waals surface area (Å²) < 4.78 is 0. The van der Waals surface area contributed by atoms with Crippen LogP contribution in [0.5, 0.6) is 5.75 Å². The number of nitrogens with zero attached hydrogens (tertiary/aromatic N) is 2. The first kappa shape index (κ1) is 13.8. The molecule has 0 unspecified atom stereocenters. The molecule has 2 rings (SSSR count). The molecule has 0 amide bonds. The molecule has 6 nitrogen and oxygen atoms in total. The molecule has 1 aliphatic rings. The lowest BCUT2D eigenvalue weighted by Gasteiger charge is -2.34. The predicted octanol–water partition coefficient (Wildman–Crippen LogP) is 1.66. The molecule has 19 heavy (non-hydrogen) atoms. The molecule has 1 heterocycles. The van der Waals surface area contributed by atoms with E-state index in [0.717, 1.165) is 32.6 Å². The van der Waals surface area contributed by atoms with Crippen molar-refractivity contribution < 1.29 is 10.0 Å². The summed E-state index contributed by atoms with van der Waals surface area (Å²) in [7, 11) is 0. The van der Waals surface area contributed by atoms with Gasteiger partial charge in [0, 0.05) is 38.3 Å². The first-order valence-electron chi connectivity index (χ1n) is 6.55. The van der Waals surface area contributed by atoms with Crippen LogP contribution >= 0.6 is 0 Å². The van der Waals surface area contributed by atoms with E-state index < -0.39 is 0 Å². The van der Waals surface area contributed by atoms with E-state index >= 15 is 0 Å². The van der Waals surface area contributed by atoms with Gasteiger partial charge < -0.3 is 10.4 Å².